The Kier molecular flexibility index (Phi) is 8.53. The molecule has 0 unspecified atom stereocenters. The van der Waals surface area contributed by atoms with Gasteiger partial charge < -0.3 is 14.6 Å². The summed E-state index contributed by atoms with van der Waals surface area (Å²) in [6.07, 6.45) is 1.71. The number of hydrogen-bond donors (Lipinski definition) is 1. The topological polar surface area (TPSA) is 90.5 Å². The molecule has 2 heterocycles. The Hall–Kier alpha value is -5.50. The molecule has 8 nitrogen and oxygen atoms in total. The van der Waals surface area contributed by atoms with Crippen LogP contribution in [-0.4, -0.2) is 33.0 Å². The van der Waals surface area contributed by atoms with Gasteiger partial charge in [0.05, 0.1) is 23.7 Å². The summed E-state index contributed by atoms with van der Waals surface area (Å²) < 4.78 is 9.33. The number of carbonyl (C=O) groups is 1. The summed E-state index contributed by atoms with van der Waals surface area (Å²) in [6, 6.07) is 28.7. The molecule has 0 aliphatic heterocycles. The van der Waals surface area contributed by atoms with E-state index in [1.54, 1.807) is 12.3 Å². The predicted octanol–water partition coefficient (Wildman–Crippen LogP) is 7.68. The minimum atomic E-state index is -0.264. The fourth-order valence-electron chi connectivity index (χ4n) is 5.88. The molecule has 232 valence electrons. The highest BCUT2D eigenvalue weighted by Gasteiger charge is 2.20. The van der Waals surface area contributed by atoms with Crippen LogP contribution in [0.15, 0.2) is 101 Å². The summed E-state index contributed by atoms with van der Waals surface area (Å²) in [7, 11) is 0. The van der Waals surface area contributed by atoms with Crippen molar-refractivity contribution in [2.45, 2.75) is 47.1 Å². The average Bonchev–Trinajstić information content (AvgIpc) is 3.31. The van der Waals surface area contributed by atoms with Crippen molar-refractivity contribution in [3.63, 3.8) is 0 Å². The maximum Gasteiger partial charge on any atom is 0.282 e. The van der Waals surface area contributed by atoms with Gasteiger partial charge in [0.2, 0.25) is 5.91 Å². The third kappa shape index (κ3) is 5.81. The van der Waals surface area contributed by atoms with Gasteiger partial charge in [-0.2, -0.15) is 9.78 Å². The number of hydrogen-bond acceptors (Lipinski definition) is 5. The van der Waals surface area contributed by atoms with Gasteiger partial charge in [-0.25, -0.2) is 4.98 Å². The van der Waals surface area contributed by atoms with Crippen LogP contribution in [0.1, 0.15) is 49.1 Å². The zero-order valence-corrected chi connectivity index (χ0v) is 26.7. The molecule has 46 heavy (non-hydrogen) atoms. The molecule has 1 N–H and O–H groups in total. The smallest absolute Gasteiger partial charge is 0.282 e. The number of benzene rings is 4. The van der Waals surface area contributed by atoms with Crippen LogP contribution in [0.5, 0.6) is 5.75 Å². The van der Waals surface area contributed by atoms with Crippen molar-refractivity contribution < 1.29 is 9.53 Å². The van der Waals surface area contributed by atoms with E-state index in [0.29, 0.717) is 23.3 Å². The first-order valence-electron chi connectivity index (χ1n) is 15.5. The number of aryl methyl sites for hydroxylation is 1. The summed E-state index contributed by atoms with van der Waals surface area (Å²) >= 11 is 0. The number of nitrogens with one attached hydrogen (secondary N) is 1. The van der Waals surface area contributed by atoms with E-state index in [-0.39, 0.29) is 23.9 Å². The third-order valence-electron chi connectivity index (χ3n) is 8.21. The summed E-state index contributed by atoms with van der Waals surface area (Å²) in [6.45, 7) is 10.9. The second-order valence-corrected chi connectivity index (χ2v) is 11.6. The molecule has 2 aromatic heterocycles. The Labute approximate surface area is 268 Å². The minimum Gasteiger partial charge on any atom is -0.494 e. The molecule has 6 rings (SSSR count). The van der Waals surface area contributed by atoms with E-state index in [0.717, 1.165) is 50.3 Å². The molecular formula is C38H37N5O3. The molecule has 4 aromatic carbocycles. The van der Waals surface area contributed by atoms with Crippen molar-refractivity contribution in [2.75, 3.05) is 11.9 Å². The maximum absolute atomic E-state index is 14.0. The Morgan fingerprint density at radius 2 is 1.65 bits per heavy atom. The van der Waals surface area contributed by atoms with Crippen LogP contribution in [0, 0.1) is 13.8 Å². The Morgan fingerprint density at radius 3 is 2.39 bits per heavy atom. The van der Waals surface area contributed by atoms with Gasteiger partial charge in [-0.3, -0.25) is 9.59 Å². The van der Waals surface area contributed by atoms with Crippen LogP contribution in [-0.2, 0) is 11.3 Å². The van der Waals surface area contributed by atoms with Crippen LogP contribution in [0.25, 0.3) is 33.2 Å². The molecule has 0 saturated heterocycles. The predicted molar refractivity (Wildman–Crippen MR) is 186 cm³/mol. The number of carbonyl (C=O) groups excluding carboxylic acids is 1. The Morgan fingerprint density at radius 1 is 0.957 bits per heavy atom. The standard InChI is InChI=1S/C38H37N5O3/c1-6-46-35-20-25(4)31(21-30(35)24(2)3)37-41-33-18-12-10-17-29(33)38(45)43(37)39-22-32-26(5)42(34-19-13-11-16-28(32)34)23-36(44)40-27-14-8-7-9-15-27/h7-22,24H,6,23H2,1-5H3,(H,40,44). The molecule has 0 bridgehead atoms. The van der Waals surface area contributed by atoms with E-state index in [9.17, 15) is 9.59 Å². The summed E-state index contributed by atoms with van der Waals surface area (Å²) in [5.41, 5.74) is 6.43. The van der Waals surface area contributed by atoms with Crippen molar-refractivity contribution in [1.29, 1.82) is 0 Å². The quantitative estimate of drug-likeness (QED) is 0.170. The van der Waals surface area contributed by atoms with E-state index < -0.39 is 0 Å². The van der Waals surface area contributed by atoms with Crippen molar-refractivity contribution >= 4 is 39.6 Å². The first-order chi connectivity index (χ1) is 22.3. The molecule has 0 radical (unpaired) electrons. The Balaban J connectivity index is 1.49. The molecule has 6 aromatic rings. The zero-order chi connectivity index (χ0) is 32.4. The van der Waals surface area contributed by atoms with Gasteiger partial charge in [-0.05, 0) is 80.3 Å². The van der Waals surface area contributed by atoms with Crippen LogP contribution >= 0.6 is 0 Å². The lowest BCUT2D eigenvalue weighted by Gasteiger charge is -2.18. The number of nitrogens with zero attached hydrogens (tertiary/aromatic N) is 4. The third-order valence-corrected chi connectivity index (χ3v) is 8.21. The van der Waals surface area contributed by atoms with E-state index in [1.807, 2.05) is 104 Å². The molecule has 0 saturated carbocycles. The number of anilines is 1. The highest BCUT2D eigenvalue weighted by atomic mass is 16.5. The Bertz CT molecular complexity index is 2160. The van der Waals surface area contributed by atoms with E-state index in [4.69, 9.17) is 14.8 Å². The highest BCUT2D eigenvalue weighted by Crippen LogP contribution is 2.34. The second kappa shape index (κ2) is 12.9. The largest absolute Gasteiger partial charge is 0.494 e. The van der Waals surface area contributed by atoms with Gasteiger partial charge in [-0.1, -0.05) is 62.4 Å². The molecule has 0 atom stereocenters. The molecule has 0 aliphatic carbocycles. The minimum absolute atomic E-state index is 0.126. The number of amides is 1. The number of para-hydroxylation sites is 3. The summed E-state index contributed by atoms with van der Waals surface area (Å²) in [5.74, 6) is 1.34. The van der Waals surface area contributed by atoms with Crippen molar-refractivity contribution in [3.8, 4) is 17.1 Å². The van der Waals surface area contributed by atoms with Crippen molar-refractivity contribution in [3.05, 3.63) is 124 Å². The van der Waals surface area contributed by atoms with Gasteiger partial charge in [-0.15, -0.1) is 0 Å². The van der Waals surface area contributed by atoms with Gasteiger partial charge in [0.25, 0.3) is 5.56 Å². The van der Waals surface area contributed by atoms with Crippen LogP contribution in [0.2, 0.25) is 0 Å². The lowest BCUT2D eigenvalue weighted by molar-refractivity contribution is -0.116. The number of fused-ring (bicyclic) bond motifs is 2. The monoisotopic (exact) mass is 611 g/mol. The number of aromatic nitrogens is 3. The van der Waals surface area contributed by atoms with E-state index in [1.165, 1.54) is 4.68 Å². The fourth-order valence-corrected chi connectivity index (χ4v) is 5.88. The first kappa shape index (κ1) is 30.5. The van der Waals surface area contributed by atoms with E-state index >= 15 is 0 Å². The van der Waals surface area contributed by atoms with Crippen LogP contribution in [0.3, 0.4) is 0 Å². The fraction of sp³-hybridized carbons (Fsp3) is 0.211. The van der Waals surface area contributed by atoms with Crippen molar-refractivity contribution in [2.24, 2.45) is 5.10 Å². The molecule has 8 heteroatoms. The highest BCUT2D eigenvalue weighted by molar-refractivity contribution is 6.02. The molecule has 0 spiro atoms. The van der Waals surface area contributed by atoms with Gasteiger partial charge in [0.1, 0.15) is 12.3 Å². The number of ether oxygens (including phenoxy) is 1. The summed E-state index contributed by atoms with van der Waals surface area (Å²) in [4.78, 5) is 32.1. The average molecular weight is 612 g/mol. The first-order valence-corrected chi connectivity index (χ1v) is 15.5. The molecule has 0 aliphatic rings. The van der Waals surface area contributed by atoms with Crippen molar-refractivity contribution in [1.82, 2.24) is 14.2 Å². The lowest BCUT2D eigenvalue weighted by atomic mass is 9.96. The van der Waals surface area contributed by atoms with Gasteiger partial charge in [0.15, 0.2) is 5.82 Å². The molecule has 0 fully saturated rings. The van der Waals surface area contributed by atoms with Gasteiger partial charge in [0, 0.05) is 33.4 Å². The number of rotatable bonds is 9. The normalized spacial score (nSPS) is 11.6. The van der Waals surface area contributed by atoms with E-state index in [2.05, 4.69) is 25.2 Å². The van der Waals surface area contributed by atoms with Gasteiger partial charge >= 0.3 is 0 Å². The lowest BCUT2D eigenvalue weighted by Crippen LogP contribution is -2.21. The SMILES string of the molecule is CCOc1cc(C)c(-c2nc3ccccc3c(=O)n2N=Cc2c(C)n(CC(=O)Nc3ccccc3)c3ccccc23)cc1C(C)C. The summed E-state index contributed by atoms with van der Waals surface area (Å²) in [5, 5.41) is 9.20. The van der Waals surface area contributed by atoms with Crippen LogP contribution < -0.4 is 15.6 Å². The molecular weight excluding hydrogens is 574 g/mol. The molecule has 1 amide bonds. The van der Waals surface area contributed by atoms with Crippen LogP contribution in [0.4, 0.5) is 5.69 Å². The second-order valence-electron chi connectivity index (χ2n) is 11.6. The zero-order valence-electron chi connectivity index (χ0n) is 26.7. The maximum atomic E-state index is 14.0.